The van der Waals surface area contributed by atoms with Crippen LogP contribution in [0.3, 0.4) is 0 Å². The summed E-state index contributed by atoms with van der Waals surface area (Å²) in [6.07, 6.45) is 2.04. The predicted octanol–water partition coefficient (Wildman–Crippen LogP) is 2.27. The van der Waals surface area contributed by atoms with Gasteiger partial charge in [0.1, 0.15) is 11.6 Å². The van der Waals surface area contributed by atoms with Gasteiger partial charge in [-0.1, -0.05) is 13.8 Å². The highest BCUT2D eigenvalue weighted by molar-refractivity contribution is 5.40. The Morgan fingerprint density at radius 3 is 2.32 bits per heavy atom. The van der Waals surface area contributed by atoms with E-state index in [0.29, 0.717) is 0 Å². The molecule has 1 fully saturated rings. The van der Waals surface area contributed by atoms with Crippen LogP contribution in [0, 0.1) is 13.8 Å². The van der Waals surface area contributed by atoms with Crippen LogP contribution < -0.4 is 4.90 Å². The van der Waals surface area contributed by atoms with Crippen molar-refractivity contribution in [1.29, 1.82) is 0 Å². The van der Waals surface area contributed by atoms with E-state index in [1.54, 1.807) is 0 Å². The third-order valence-corrected chi connectivity index (χ3v) is 5.06. The Labute approximate surface area is 150 Å². The summed E-state index contributed by atoms with van der Waals surface area (Å²) in [5.74, 6) is 1.92. The lowest BCUT2D eigenvalue weighted by Gasteiger charge is -2.35. The van der Waals surface area contributed by atoms with E-state index in [4.69, 9.17) is 5.10 Å². The maximum atomic E-state index is 4.71. The van der Waals surface area contributed by atoms with Gasteiger partial charge < -0.3 is 4.90 Å². The average Bonchev–Trinajstić information content (AvgIpc) is 2.89. The summed E-state index contributed by atoms with van der Waals surface area (Å²) in [5.41, 5.74) is 5.11. The van der Waals surface area contributed by atoms with Gasteiger partial charge in [-0.25, -0.2) is 9.97 Å². The van der Waals surface area contributed by atoms with E-state index in [1.165, 1.54) is 17.0 Å². The molecule has 1 saturated heterocycles. The fraction of sp³-hybridized carbons (Fsp3) is 0.632. The zero-order valence-corrected chi connectivity index (χ0v) is 16.2. The van der Waals surface area contributed by atoms with Gasteiger partial charge >= 0.3 is 0 Å². The van der Waals surface area contributed by atoms with Crippen LogP contribution in [-0.2, 0) is 26.4 Å². The number of aromatic nitrogens is 4. The molecule has 3 rings (SSSR count). The van der Waals surface area contributed by atoms with Crippen LogP contribution >= 0.6 is 0 Å². The molecule has 25 heavy (non-hydrogen) atoms. The maximum absolute atomic E-state index is 4.71. The Bertz CT molecular complexity index is 708. The first-order valence-electron chi connectivity index (χ1n) is 9.35. The van der Waals surface area contributed by atoms with E-state index in [9.17, 15) is 0 Å². The van der Waals surface area contributed by atoms with Gasteiger partial charge in [0.05, 0.1) is 5.69 Å². The Morgan fingerprint density at radius 1 is 1.00 bits per heavy atom. The molecule has 2 aromatic rings. The SMILES string of the molecule is CCc1nn(C)c(CC)c1CN1CCN(c2cc(C)nc(C)n2)CC1. The van der Waals surface area contributed by atoms with Gasteiger partial charge in [-0.3, -0.25) is 9.58 Å². The third kappa shape index (κ3) is 3.84. The predicted molar refractivity (Wildman–Crippen MR) is 101 cm³/mol. The first-order valence-corrected chi connectivity index (χ1v) is 9.35. The number of aryl methyl sites for hydroxylation is 4. The molecule has 0 radical (unpaired) electrons. The van der Waals surface area contributed by atoms with E-state index < -0.39 is 0 Å². The molecule has 1 aliphatic heterocycles. The minimum atomic E-state index is 0.855. The molecule has 0 saturated carbocycles. The first kappa shape index (κ1) is 17.9. The van der Waals surface area contributed by atoms with Gasteiger partial charge in [0, 0.05) is 62.8 Å². The van der Waals surface area contributed by atoms with Crippen molar-refractivity contribution < 1.29 is 0 Å². The van der Waals surface area contributed by atoms with Crippen LogP contribution in [0.1, 0.15) is 42.3 Å². The number of rotatable bonds is 5. The zero-order valence-electron chi connectivity index (χ0n) is 16.2. The molecule has 136 valence electrons. The van der Waals surface area contributed by atoms with E-state index in [-0.39, 0.29) is 0 Å². The standard InChI is InChI=1S/C19H30N6/c1-6-17-16(18(7-2)23(5)22-17)13-24-8-10-25(11-9-24)19-12-14(3)20-15(4)21-19/h12H,6-11,13H2,1-5H3. The van der Waals surface area contributed by atoms with E-state index in [0.717, 1.165) is 62.9 Å². The van der Waals surface area contributed by atoms with Gasteiger partial charge in [0.2, 0.25) is 0 Å². The van der Waals surface area contributed by atoms with Crippen LogP contribution in [0.2, 0.25) is 0 Å². The Kier molecular flexibility index (Phi) is 5.37. The molecular weight excluding hydrogens is 312 g/mol. The molecule has 1 aliphatic rings. The second-order valence-electron chi connectivity index (χ2n) is 6.88. The third-order valence-electron chi connectivity index (χ3n) is 5.06. The fourth-order valence-electron chi connectivity index (χ4n) is 3.79. The van der Waals surface area contributed by atoms with Crippen LogP contribution in [0.25, 0.3) is 0 Å². The van der Waals surface area contributed by atoms with Crippen LogP contribution in [-0.4, -0.2) is 50.8 Å². The lowest BCUT2D eigenvalue weighted by atomic mass is 10.1. The Balaban J connectivity index is 1.67. The summed E-state index contributed by atoms with van der Waals surface area (Å²) >= 11 is 0. The number of nitrogens with zero attached hydrogens (tertiary/aromatic N) is 6. The summed E-state index contributed by atoms with van der Waals surface area (Å²) in [6, 6.07) is 2.09. The number of anilines is 1. The Hall–Kier alpha value is -1.95. The quantitative estimate of drug-likeness (QED) is 0.834. The molecule has 0 spiro atoms. The van der Waals surface area contributed by atoms with E-state index in [2.05, 4.69) is 51.4 Å². The van der Waals surface area contributed by atoms with Crippen molar-refractivity contribution in [2.45, 2.75) is 47.1 Å². The van der Waals surface area contributed by atoms with E-state index in [1.807, 2.05) is 13.8 Å². The molecule has 6 heteroatoms. The summed E-state index contributed by atoms with van der Waals surface area (Å²) in [6.45, 7) is 13.6. The normalized spacial score (nSPS) is 15.8. The first-order chi connectivity index (χ1) is 12.0. The smallest absolute Gasteiger partial charge is 0.132 e. The number of hydrogen-bond donors (Lipinski definition) is 0. The van der Waals surface area contributed by atoms with E-state index >= 15 is 0 Å². The van der Waals surface area contributed by atoms with Gasteiger partial charge in [-0.05, 0) is 26.7 Å². The van der Waals surface area contributed by atoms with Gasteiger partial charge in [-0.15, -0.1) is 0 Å². The minimum Gasteiger partial charge on any atom is -0.354 e. The van der Waals surface area contributed by atoms with Crippen molar-refractivity contribution in [3.05, 3.63) is 34.5 Å². The van der Waals surface area contributed by atoms with Crippen LogP contribution in [0.15, 0.2) is 6.07 Å². The van der Waals surface area contributed by atoms with Crippen molar-refractivity contribution in [2.75, 3.05) is 31.1 Å². The maximum Gasteiger partial charge on any atom is 0.132 e. The molecule has 0 N–H and O–H groups in total. The molecule has 0 aromatic carbocycles. The van der Waals surface area contributed by atoms with Crippen LogP contribution in [0.4, 0.5) is 5.82 Å². The monoisotopic (exact) mass is 342 g/mol. The topological polar surface area (TPSA) is 50.1 Å². The molecule has 3 heterocycles. The summed E-state index contributed by atoms with van der Waals surface area (Å²) in [5, 5.41) is 4.71. The molecule has 0 aliphatic carbocycles. The molecule has 0 unspecified atom stereocenters. The molecular formula is C19H30N6. The van der Waals surface area contributed by atoms with Crippen LogP contribution in [0.5, 0.6) is 0 Å². The summed E-state index contributed by atoms with van der Waals surface area (Å²) in [7, 11) is 2.07. The Morgan fingerprint density at radius 2 is 1.72 bits per heavy atom. The van der Waals surface area contributed by atoms with Crippen molar-refractivity contribution in [2.24, 2.45) is 7.05 Å². The largest absolute Gasteiger partial charge is 0.354 e. The highest BCUT2D eigenvalue weighted by Crippen LogP contribution is 2.20. The number of piperazine rings is 1. The van der Waals surface area contributed by atoms with Crippen molar-refractivity contribution in [3.8, 4) is 0 Å². The fourth-order valence-corrected chi connectivity index (χ4v) is 3.79. The van der Waals surface area contributed by atoms with Gasteiger partial charge in [-0.2, -0.15) is 5.10 Å². The van der Waals surface area contributed by atoms with Gasteiger partial charge in [0.25, 0.3) is 0 Å². The summed E-state index contributed by atoms with van der Waals surface area (Å²) < 4.78 is 2.07. The summed E-state index contributed by atoms with van der Waals surface area (Å²) in [4.78, 5) is 13.9. The minimum absolute atomic E-state index is 0.855. The average molecular weight is 342 g/mol. The van der Waals surface area contributed by atoms with Gasteiger partial charge in [0.15, 0.2) is 0 Å². The number of hydrogen-bond acceptors (Lipinski definition) is 5. The molecule has 0 bridgehead atoms. The second-order valence-corrected chi connectivity index (χ2v) is 6.88. The molecule has 2 aromatic heterocycles. The highest BCUT2D eigenvalue weighted by Gasteiger charge is 2.22. The molecule has 0 amide bonds. The van der Waals surface area contributed by atoms with Crippen molar-refractivity contribution in [1.82, 2.24) is 24.6 Å². The zero-order chi connectivity index (χ0) is 18.0. The van der Waals surface area contributed by atoms with Crippen molar-refractivity contribution in [3.63, 3.8) is 0 Å². The second kappa shape index (κ2) is 7.52. The lowest BCUT2D eigenvalue weighted by Crippen LogP contribution is -2.46. The molecule has 0 atom stereocenters. The highest BCUT2D eigenvalue weighted by atomic mass is 15.3. The molecule has 6 nitrogen and oxygen atoms in total. The van der Waals surface area contributed by atoms with Crippen molar-refractivity contribution >= 4 is 5.82 Å². The lowest BCUT2D eigenvalue weighted by molar-refractivity contribution is 0.248.